The van der Waals surface area contributed by atoms with Gasteiger partial charge in [0.2, 0.25) is 10.0 Å². The largest absolute Gasteiger partial charge is 0.376 e. The Hall–Kier alpha value is -1.87. The van der Waals surface area contributed by atoms with Crippen LogP contribution in [-0.4, -0.2) is 48.1 Å². The van der Waals surface area contributed by atoms with Gasteiger partial charge in [-0.3, -0.25) is 0 Å². The molecule has 0 amide bonds. The molecule has 8 heteroatoms. The Labute approximate surface area is 213 Å². The van der Waals surface area contributed by atoms with Crippen molar-refractivity contribution in [3.8, 4) is 0 Å². The first-order chi connectivity index (χ1) is 16.8. The van der Waals surface area contributed by atoms with Crippen molar-refractivity contribution < 1.29 is 13.2 Å². The fourth-order valence-corrected chi connectivity index (χ4v) is 7.67. The Bertz CT molecular complexity index is 1310. The van der Waals surface area contributed by atoms with Crippen LogP contribution in [0.3, 0.4) is 0 Å². The number of aryl methyl sites for hydroxylation is 2. The van der Waals surface area contributed by atoms with Crippen molar-refractivity contribution in [2.45, 2.75) is 74.9 Å². The van der Waals surface area contributed by atoms with Gasteiger partial charge in [-0.2, -0.15) is 4.31 Å². The molecule has 35 heavy (non-hydrogen) atoms. The molecule has 5 rings (SSSR count). The summed E-state index contributed by atoms with van der Waals surface area (Å²) < 4.78 is 36.6. The van der Waals surface area contributed by atoms with Crippen molar-refractivity contribution in [3.05, 3.63) is 53.1 Å². The summed E-state index contributed by atoms with van der Waals surface area (Å²) in [6, 6.07) is 12.0. The van der Waals surface area contributed by atoms with E-state index >= 15 is 0 Å². The maximum atomic E-state index is 13.4. The van der Waals surface area contributed by atoms with Crippen LogP contribution in [0.4, 0.5) is 0 Å². The summed E-state index contributed by atoms with van der Waals surface area (Å²) in [7, 11) is -3.52. The highest BCUT2D eigenvalue weighted by Crippen LogP contribution is 2.31. The molecule has 0 saturated carbocycles. The summed E-state index contributed by atoms with van der Waals surface area (Å²) >= 11 is 1.70. The zero-order valence-electron chi connectivity index (χ0n) is 20.9. The van der Waals surface area contributed by atoms with Crippen LogP contribution in [0, 0.1) is 19.8 Å². The van der Waals surface area contributed by atoms with Gasteiger partial charge in [0.1, 0.15) is 0 Å². The highest BCUT2D eigenvalue weighted by Gasteiger charge is 2.29. The Kier molecular flexibility index (Phi) is 7.26. The summed E-state index contributed by atoms with van der Waals surface area (Å²) in [5.41, 5.74) is 5.54. The number of hydrogen-bond acceptors (Lipinski definition) is 5. The molecule has 3 heterocycles. The SMILES string of the molecule is Cc1ccc(CSc2nc3cc(S(=O)(=O)N4CCC[C@H](C)C4)ccc3n2C[C@@H]2CCCO2)cc1C. The third kappa shape index (κ3) is 5.31. The van der Waals surface area contributed by atoms with E-state index in [2.05, 4.69) is 43.5 Å². The third-order valence-electron chi connectivity index (χ3n) is 7.29. The molecule has 2 saturated heterocycles. The molecule has 0 aliphatic carbocycles. The van der Waals surface area contributed by atoms with Gasteiger partial charge < -0.3 is 9.30 Å². The van der Waals surface area contributed by atoms with Gasteiger partial charge >= 0.3 is 0 Å². The smallest absolute Gasteiger partial charge is 0.243 e. The van der Waals surface area contributed by atoms with Crippen LogP contribution < -0.4 is 0 Å². The van der Waals surface area contributed by atoms with E-state index in [1.165, 1.54) is 16.7 Å². The molecule has 0 radical (unpaired) electrons. The fraction of sp³-hybridized carbons (Fsp3) is 0.519. The summed E-state index contributed by atoms with van der Waals surface area (Å²) in [6.45, 7) is 9.11. The number of rotatable bonds is 7. The molecule has 2 atom stereocenters. The van der Waals surface area contributed by atoms with Gasteiger partial charge in [-0.15, -0.1) is 0 Å². The molecular formula is C27H35N3O3S2. The van der Waals surface area contributed by atoms with E-state index in [9.17, 15) is 8.42 Å². The van der Waals surface area contributed by atoms with Crippen LogP contribution in [0.15, 0.2) is 46.5 Å². The van der Waals surface area contributed by atoms with Crippen molar-refractivity contribution in [1.29, 1.82) is 0 Å². The number of fused-ring (bicyclic) bond motifs is 1. The minimum atomic E-state index is -3.52. The van der Waals surface area contributed by atoms with Crippen LogP contribution in [0.1, 0.15) is 49.3 Å². The van der Waals surface area contributed by atoms with E-state index in [1.54, 1.807) is 28.2 Å². The predicted molar refractivity (Wildman–Crippen MR) is 141 cm³/mol. The standard InChI is InChI=1S/C27H35N3O3S2/c1-19-6-4-12-29(16-19)35(31,32)24-10-11-26-25(15-24)28-27(30(26)17-23-7-5-13-33-23)34-18-22-9-8-20(2)21(3)14-22/h8-11,14-15,19,23H,4-7,12-13,16-18H2,1-3H3/t19-,23-/m0/s1. The summed E-state index contributed by atoms with van der Waals surface area (Å²) in [5.74, 6) is 1.20. The summed E-state index contributed by atoms with van der Waals surface area (Å²) in [5, 5.41) is 0.912. The van der Waals surface area contributed by atoms with Crippen LogP contribution >= 0.6 is 11.8 Å². The second-order valence-electron chi connectivity index (χ2n) is 10.1. The molecule has 0 spiro atoms. The molecule has 0 N–H and O–H groups in total. The predicted octanol–water partition coefficient (Wildman–Crippen LogP) is 5.55. The quantitative estimate of drug-likeness (QED) is 0.388. The number of hydrogen-bond donors (Lipinski definition) is 0. The van der Waals surface area contributed by atoms with Crippen LogP contribution in [0.2, 0.25) is 0 Å². The molecule has 2 aliphatic heterocycles. The Balaban J connectivity index is 1.46. The van der Waals surface area contributed by atoms with Gasteiger partial charge in [0.05, 0.1) is 28.6 Å². The monoisotopic (exact) mass is 513 g/mol. The summed E-state index contributed by atoms with van der Waals surface area (Å²) in [6.07, 6.45) is 4.30. The number of aromatic nitrogens is 2. The second kappa shape index (κ2) is 10.2. The van der Waals surface area contributed by atoms with Crippen LogP contribution in [-0.2, 0) is 27.1 Å². The average Bonchev–Trinajstić information content (AvgIpc) is 3.48. The lowest BCUT2D eigenvalue weighted by molar-refractivity contribution is 0.0960. The highest BCUT2D eigenvalue weighted by atomic mass is 32.2. The zero-order valence-corrected chi connectivity index (χ0v) is 22.5. The number of imidazole rings is 1. The van der Waals surface area contributed by atoms with Gasteiger partial charge in [0.25, 0.3) is 0 Å². The minimum absolute atomic E-state index is 0.173. The average molecular weight is 514 g/mol. The minimum Gasteiger partial charge on any atom is -0.376 e. The summed E-state index contributed by atoms with van der Waals surface area (Å²) in [4.78, 5) is 5.27. The van der Waals surface area contributed by atoms with Gasteiger partial charge in [-0.25, -0.2) is 13.4 Å². The van der Waals surface area contributed by atoms with Crippen molar-refractivity contribution >= 4 is 32.8 Å². The Morgan fingerprint density at radius 3 is 2.69 bits per heavy atom. The zero-order chi connectivity index (χ0) is 24.6. The first-order valence-electron chi connectivity index (χ1n) is 12.6. The van der Waals surface area contributed by atoms with E-state index in [-0.39, 0.29) is 6.10 Å². The molecule has 2 aromatic carbocycles. The van der Waals surface area contributed by atoms with E-state index in [0.29, 0.717) is 23.9 Å². The number of nitrogens with zero attached hydrogens (tertiary/aromatic N) is 3. The lowest BCUT2D eigenvalue weighted by Gasteiger charge is -2.30. The lowest BCUT2D eigenvalue weighted by Crippen LogP contribution is -2.39. The molecule has 6 nitrogen and oxygen atoms in total. The van der Waals surface area contributed by atoms with Crippen molar-refractivity contribution in [2.24, 2.45) is 5.92 Å². The first kappa shape index (κ1) is 24.8. The van der Waals surface area contributed by atoms with Crippen molar-refractivity contribution in [1.82, 2.24) is 13.9 Å². The van der Waals surface area contributed by atoms with Gasteiger partial charge in [0.15, 0.2) is 5.16 Å². The van der Waals surface area contributed by atoms with Crippen molar-refractivity contribution in [3.63, 3.8) is 0 Å². The molecule has 0 bridgehead atoms. The Morgan fingerprint density at radius 1 is 1.09 bits per heavy atom. The van der Waals surface area contributed by atoms with Gasteiger partial charge in [0, 0.05) is 25.4 Å². The number of ether oxygens (including phenoxy) is 1. The maximum absolute atomic E-state index is 13.4. The van der Waals surface area contributed by atoms with Gasteiger partial charge in [-0.05, 0) is 80.3 Å². The van der Waals surface area contributed by atoms with E-state index in [4.69, 9.17) is 9.72 Å². The highest BCUT2D eigenvalue weighted by molar-refractivity contribution is 7.98. The fourth-order valence-electron chi connectivity index (χ4n) is 5.08. The normalized spacial score (nSPS) is 21.7. The van der Waals surface area contributed by atoms with E-state index in [0.717, 1.165) is 60.8 Å². The molecule has 2 fully saturated rings. The molecule has 1 aromatic heterocycles. The topological polar surface area (TPSA) is 64.4 Å². The second-order valence-corrected chi connectivity index (χ2v) is 13.0. The number of sulfonamides is 1. The molecule has 3 aromatic rings. The van der Waals surface area contributed by atoms with Gasteiger partial charge in [-0.1, -0.05) is 36.9 Å². The van der Waals surface area contributed by atoms with Crippen LogP contribution in [0.5, 0.6) is 0 Å². The molecule has 2 aliphatic rings. The Morgan fingerprint density at radius 2 is 1.94 bits per heavy atom. The number of thioether (sulfide) groups is 1. The number of piperidine rings is 1. The molecular weight excluding hydrogens is 478 g/mol. The van der Waals surface area contributed by atoms with E-state index < -0.39 is 10.0 Å². The third-order valence-corrected chi connectivity index (χ3v) is 10.2. The lowest BCUT2D eigenvalue weighted by atomic mass is 10.0. The number of benzene rings is 2. The molecule has 188 valence electrons. The van der Waals surface area contributed by atoms with Crippen LogP contribution in [0.25, 0.3) is 11.0 Å². The van der Waals surface area contributed by atoms with E-state index in [1.807, 2.05) is 6.07 Å². The maximum Gasteiger partial charge on any atom is 0.243 e. The molecule has 0 unspecified atom stereocenters. The first-order valence-corrected chi connectivity index (χ1v) is 15.0. The van der Waals surface area contributed by atoms with Crippen molar-refractivity contribution in [2.75, 3.05) is 19.7 Å².